The number of carbonyl (C=O) groups is 5. The van der Waals surface area contributed by atoms with Crippen molar-refractivity contribution in [2.24, 2.45) is 11.8 Å². The molecule has 6 rings (SSSR count). The van der Waals surface area contributed by atoms with E-state index in [9.17, 15) is 32.4 Å². The van der Waals surface area contributed by atoms with Crippen LogP contribution in [0.5, 0.6) is 11.5 Å². The molecule has 1 saturated heterocycles. The molecule has 320 valence electrons. The van der Waals surface area contributed by atoms with E-state index in [1.165, 1.54) is 15.9 Å². The number of rotatable bonds is 17. The van der Waals surface area contributed by atoms with Gasteiger partial charge in [0.15, 0.2) is 0 Å². The van der Waals surface area contributed by atoms with Crippen LogP contribution in [-0.2, 0) is 38.7 Å². The van der Waals surface area contributed by atoms with E-state index in [0.29, 0.717) is 40.9 Å². The summed E-state index contributed by atoms with van der Waals surface area (Å²) in [6.45, 7) is 12.4. The van der Waals surface area contributed by atoms with Gasteiger partial charge >= 0.3 is 5.97 Å². The van der Waals surface area contributed by atoms with Crippen LogP contribution in [0.4, 0.5) is 0 Å². The largest absolute Gasteiger partial charge is 0.497 e. The molecule has 0 bridgehead atoms. The lowest BCUT2D eigenvalue weighted by Crippen LogP contribution is -2.57. The summed E-state index contributed by atoms with van der Waals surface area (Å²) >= 11 is 0. The Kier molecular flexibility index (Phi) is 12.7. The van der Waals surface area contributed by atoms with Crippen molar-refractivity contribution in [1.82, 2.24) is 24.8 Å². The molecule has 5 atom stereocenters. The molecule has 0 spiro atoms. The van der Waals surface area contributed by atoms with Gasteiger partial charge in [0.2, 0.25) is 27.7 Å². The first kappa shape index (κ1) is 43.8. The Morgan fingerprint density at radius 1 is 1.07 bits per heavy atom. The fraction of sp³-hybridized carbons (Fsp3) is 0.455. The quantitative estimate of drug-likeness (QED) is 0.112. The molecule has 1 unspecified atom stereocenters. The summed E-state index contributed by atoms with van der Waals surface area (Å²) in [5, 5.41) is 2.78. The second-order valence-electron chi connectivity index (χ2n) is 16.7. The summed E-state index contributed by atoms with van der Waals surface area (Å²) in [5.74, 6) is -3.75. The Labute approximate surface area is 350 Å². The standard InChI is InChI=1S/C44H53N5O10S/c1-8-29-25-44(29,42(54)47-60(55,56)32-16-17-32)46-40(52)36-23-31(26-49(36)41(53)28(19-20-48(6)38(50)9-2)21-39(51)59-43(3,4)5)58-37-24-34(27-13-11-10-12-14-27)45-35-22-30(57-7)15-18-33(35)37/h8-15,18,22,24,28-29,31-32,36H,1-2,16-17,19-21,23,25-26H2,3-7H3,(H,46,52)(H,47,54)/t28-,29-,31?,36+,44-/m1/s1. The van der Waals surface area contributed by atoms with Crippen molar-refractivity contribution in [1.29, 1.82) is 0 Å². The van der Waals surface area contributed by atoms with E-state index in [1.807, 2.05) is 36.4 Å². The van der Waals surface area contributed by atoms with E-state index in [1.54, 1.807) is 53.1 Å². The molecule has 16 heteroatoms. The molecule has 2 N–H and O–H groups in total. The van der Waals surface area contributed by atoms with E-state index in [-0.39, 0.29) is 44.7 Å². The summed E-state index contributed by atoms with van der Waals surface area (Å²) in [6.07, 6.45) is 2.51. The maximum atomic E-state index is 14.8. The van der Waals surface area contributed by atoms with E-state index >= 15 is 0 Å². The van der Waals surface area contributed by atoms with Gasteiger partial charge in [0.05, 0.1) is 42.5 Å². The number of nitrogens with zero attached hydrogens (tertiary/aromatic N) is 3. The average molecular weight is 844 g/mol. The monoisotopic (exact) mass is 843 g/mol. The van der Waals surface area contributed by atoms with Gasteiger partial charge in [-0.1, -0.05) is 43.0 Å². The molecule has 2 aliphatic carbocycles. The Bertz CT molecular complexity index is 2290. The molecule has 3 aliphatic rings. The van der Waals surface area contributed by atoms with Crippen molar-refractivity contribution in [3.05, 3.63) is 79.9 Å². The maximum Gasteiger partial charge on any atom is 0.307 e. The normalized spacial score (nSPS) is 21.6. The number of hydrogen-bond donors (Lipinski definition) is 2. The highest BCUT2D eigenvalue weighted by Crippen LogP contribution is 2.46. The SMILES string of the molecule is C=CC(=O)N(C)CC[C@H](CC(=O)OC(C)(C)C)C(=O)N1CC(Oc2cc(-c3ccccc3)nc3cc(OC)ccc23)C[C@H]1C(=O)N[C@]1(C(=O)NS(=O)(=O)C2CC2)C[C@H]1C=C. The second kappa shape index (κ2) is 17.4. The van der Waals surface area contributed by atoms with E-state index in [4.69, 9.17) is 19.2 Å². The average Bonchev–Trinajstić information content (AvgIpc) is 4.14. The van der Waals surface area contributed by atoms with Gasteiger partial charge in [0, 0.05) is 49.0 Å². The van der Waals surface area contributed by atoms with Crippen LogP contribution in [0.2, 0.25) is 0 Å². The molecule has 3 fully saturated rings. The van der Waals surface area contributed by atoms with Gasteiger partial charge in [0.25, 0.3) is 5.91 Å². The first-order valence-electron chi connectivity index (χ1n) is 20.0. The third kappa shape index (κ3) is 9.97. The molecule has 2 aromatic carbocycles. The number of amides is 4. The lowest BCUT2D eigenvalue weighted by molar-refractivity contribution is -0.159. The van der Waals surface area contributed by atoms with Crippen molar-refractivity contribution in [3.8, 4) is 22.8 Å². The van der Waals surface area contributed by atoms with Crippen LogP contribution < -0.4 is 19.5 Å². The molecule has 2 saturated carbocycles. The van der Waals surface area contributed by atoms with Gasteiger partial charge in [-0.3, -0.25) is 28.7 Å². The summed E-state index contributed by atoms with van der Waals surface area (Å²) in [4.78, 5) is 76.2. The Morgan fingerprint density at radius 2 is 1.78 bits per heavy atom. The molecular formula is C44H53N5O10S. The lowest BCUT2D eigenvalue weighted by Gasteiger charge is -2.30. The molecular weight excluding hydrogens is 791 g/mol. The molecule has 15 nitrogen and oxygen atoms in total. The number of carbonyl (C=O) groups excluding carboxylic acids is 5. The number of nitrogens with one attached hydrogen (secondary N) is 2. The summed E-state index contributed by atoms with van der Waals surface area (Å²) in [6, 6.07) is 15.4. The van der Waals surface area contributed by atoms with Gasteiger partial charge in [-0.15, -0.1) is 6.58 Å². The van der Waals surface area contributed by atoms with Crippen LogP contribution in [0.3, 0.4) is 0 Å². The van der Waals surface area contributed by atoms with Gasteiger partial charge in [0.1, 0.15) is 34.8 Å². The van der Waals surface area contributed by atoms with Crippen molar-refractivity contribution < 1.29 is 46.6 Å². The highest BCUT2D eigenvalue weighted by atomic mass is 32.2. The fourth-order valence-electron chi connectivity index (χ4n) is 7.48. The summed E-state index contributed by atoms with van der Waals surface area (Å²) in [5.41, 5.74) is -0.437. The first-order valence-corrected chi connectivity index (χ1v) is 21.5. The minimum atomic E-state index is -3.95. The molecule has 60 heavy (non-hydrogen) atoms. The smallest absolute Gasteiger partial charge is 0.307 e. The topological polar surface area (TPSA) is 191 Å². The van der Waals surface area contributed by atoms with Crippen LogP contribution in [0, 0.1) is 11.8 Å². The number of likely N-dealkylation sites (N-methyl/N-ethyl adjacent to an activating group) is 1. The van der Waals surface area contributed by atoms with Gasteiger partial charge in [-0.2, -0.15) is 0 Å². The highest BCUT2D eigenvalue weighted by molar-refractivity contribution is 7.91. The van der Waals surface area contributed by atoms with Gasteiger partial charge < -0.3 is 29.3 Å². The van der Waals surface area contributed by atoms with E-state index in [2.05, 4.69) is 23.2 Å². The number of hydrogen-bond acceptors (Lipinski definition) is 11. The molecule has 3 aromatic rings. The summed E-state index contributed by atoms with van der Waals surface area (Å²) in [7, 11) is -0.845. The number of likely N-dealkylation sites (tertiary alicyclic amines) is 1. The molecule has 2 heterocycles. The third-order valence-corrected chi connectivity index (χ3v) is 12.8. The van der Waals surface area contributed by atoms with E-state index in [0.717, 1.165) is 11.6 Å². The van der Waals surface area contributed by atoms with Crippen LogP contribution in [0.1, 0.15) is 59.3 Å². The zero-order valence-corrected chi connectivity index (χ0v) is 35.5. The first-order chi connectivity index (χ1) is 28.4. The lowest BCUT2D eigenvalue weighted by atomic mass is 9.98. The van der Waals surface area contributed by atoms with Crippen molar-refractivity contribution >= 4 is 50.5 Å². The van der Waals surface area contributed by atoms with Gasteiger partial charge in [-0.05, 0) is 64.7 Å². The number of benzene rings is 2. The van der Waals surface area contributed by atoms with Crippen molar-refractivity contribution in [2.75, 3.05) is 27.2 Å². The minimum absolute atomic E-state index is 0.0247. The third-order valence-electron chi connectivity index (χ3n) is 11.0. The number of esters is 1. The number of fused-ring (bicyclic) bond motifs is 1. The Balaban J connectivity index is 1.35. The predicted octanol–water partition coefficient (Wildman–Crippen LogP) is 4.31. The minimum Gasteiger partial charge on any atom is -0.497 e. The van der Waals surface area contributed by atoms with Crippen LogP contribution in [0.25, 0.3) is 22.2 Å². The Morgan fingerprint density at radius 3 is 2.40 bits per heavy atom. The molecule has 4 amide bonds. The number of aromatic nitrogens is 1. The van der Waals surface area contributed by atoms with E-state index < -0.39 is 74.1 Å². The van der Waals surface area contributed by atoms with Gasteiger partial charge in [-0.25, -0.2) is 13.4 Å². The molecule has 1 aliphatic heterocycles. The van der Waals surface area contributed by atoms with Crippen LogP contribution in [0.15, 0.2) is 79.9 Å². The maximum absolute atomic E-state index is 14.8. The number of ether oxygens (including phenoxy) is 3. The fourth-order valence-corrected chi connectivity index (χ4v) is 8.84. The molecule has 0 radical (unpaired) electrons. The van der Waals surface area contributed by atoms with Crippen LogP contribution in [-0.4, -0.2) is 109 Å². The highest BCUT2D eigenvalue weighted by Gasteiger charge is 2.62. The second-order valence-corrected chi connectivity index (χ2v) is 18.6. The number of sulfonamides is 1. The number of pyridine rings is 1. The van der Waals surface area contributed by atoms with Crippen molar-refractivity contribution in [3.63, 3.8) is 0 Å². The van der Waals surface area contributed by atoms with Crippen molar-refractivity contribution in [2.45, 2.75) is 87.8 Å². The Hall–Kier alpha value is -5.77. The zero-order chi connectivity index (χ0) is 43.6. The summed E-state index contributed by atoms with van der Waals surface area (Å²) < 4.78 is 45.6. The number of methoxy groups -OCH3 is 1. The molecule has 1 aromatic heterocycles. The zero-order valence-electron chi connectivity index (χ0n) is 34.6. The predicted molar refractivity (Wildman–Crippen MR) is 224 cm³/mol. The van der Waals surface area contributed by atoms with Crippen LogP contribution >= 0.6 is 0 Å².